The Morgan fingerprint density at radius 1 is 1.18 bits per heavy atom. The monoisotopic (exact) mass is 530 g/mol. The average Bonchev–Trinajstić information content (AvgIpc) is 3.19. The quantitative estimate of drug-likeness (QED) is 0.374. The van der Waals surface area contributed by atoms with E-state index in [9.17, 15) is 24.3 Å². The van der Waals surface area contributed by atoms with Crippen molar-refractivity contribution in [3.05, 3.63) is 35.1 Å². The van der Waals surface area contributed by atoms with Crippen molar-refractivity contribution in [3.8, 4) is 11.5 Å². The van der Waals surface area contributed by atoms with E-state index in [1.54, 1.807) is 13.2 Å². The molecule has 5 rings (SSSR count). The number of carboxylic acids is 1. The van der Waals surface area contributed by atoms with Gasteiger partial charge in [0.05, 0.1) is 24.5 Å². The molecule has 1 fully saturated rings. The van der Waals surface area contributed by atoms with Crippen LogP contribution in [0.5, 0.6) is 11.5 Å². The van der Waals surface area contributed by atoms with Gasteiger partial charge < -0.3 is 33.9 Å². The number of benzene rings is 1. The molecule has 6 atom stereocenters. The number of carbonyl (C=O) groups is 4. The number of aliphatic hydroxyl groups is 1. The molecular formula is C27H30O11. The molecule has 0 unspecified atom stereocenters. The van der Waals surface area contributed by atoms with E-state index in [2.05, 4.69) is 0 Å². The molecular weight excluding hydrogens is 500 g/mol. The van der Waals surface area contributed by atoms with Crippen molar-refractivity contribution >= 4 is 23.9 Å². The molecule has 2 bridgehead atoms. The highest BCUT2D eigenvalue weighted by Crippen LogP contribution is 2.67. The van der Waals surface area contributed by atoms with Crippen LogP contribution in [0.4, 0.5) is 0 Å². The molecule has 38 heavy (non-hydrogen) atoms. The van der Waals surface area contributed by atoms with E-state index >= 15 is 0 Å². The summed E-state index contributed by atoms with van der Waals surface area (Å²) < 4.78 is 27.5. The van der Waals surface area contributed by atoms with Crippen molar-refractivity contribution in [1.29, 1.82) is 0 Å². The molecule has 0 saturated heterocycles. The van der Waals surface area contributed by atoms with Crippen LogP contribution >= 0.6 is 0 Å². The van der Waals surface area contributed by atoms with Gasteiger partial charge in [0.1, 0.15) is 5.76 Å². The zero-order valence-corrected chi connectivity index (χ0v) is 21.4. The minimum absolute atomic E-state index is 0.0232. The smallest absolute Gasteiger partial charge is 0.352 e. The highest BCUT2D eigenvalue weighted by molar-refractivity contribution is 5.86. The molecule has 1 aromatic carbocycles. The van der Waals surface area contributed by atoms with Crippen LogP contribution in [0, 0.1) is 5.92 Å². The van der Waals surface area contributed by atoms with Gasteiger partial charge in [-0.25, -0.2) is 9.59 Å². The Bertz CT molecular complexity index is 1220. The Balaban J connectivity index is 1.40. The van der Waals surface area contributed by atoms with Gasteiger partial charge in [0.2, 0.25) is 6.10 Å². The lowest BCUT2D eigenvalue weighted by Gasteiger charge is -2.59. The molecule has 1 saturated carbocycles. The van der Waals surface area contributed by atoms with Gasteiger partial charge in [0.15, 0.2) is 23.7 Å². The van der Waals surface area contributed by atoms with Gasteiger partial charge in [-0.3, -0.25) is 9.59 Å². The number of carbonyl (C=O) groups excluding carboxylic acids is 3. The van der Waals surface area contributed by atoms with Crippen LogP contribution in [-0.2, 0) is 45.2 Å². The van der Waals surface area contributed by atoms with Gasteiger partial charge in [-0.1, -0.05) is 12.5 Å². The SMILES string of the molecule is COc1ccc2c3c1O[C@@H]1C(OC(=O)[C@H](C)OC(=O)[C@H](CC(=O)O)OC(C)=O)=CC[C@]4(O)[C@@H](CCC[C@@]314)C2. The van der Waals surface area contributed by atoms with Crippen molar-refractivity contribution in [3.63, 3.8) is 0 Å². The largest absolute Gasteiger partial charge is 0.493 e. The minimum Gasteiger partial charge on any atom is -0.493 e. The lowest BCUT2D eigenvalue weighted by molar-refractivity contribution is -0.180. The van der Waals surface area contributed by atoms with E-state index in [1.807, 2.05) is 12.1 Å². The average molecular weight is 531 g/mol. The van der Waals surface area contributed by atoms with E-state index in [0.29, 0.717) is 17.9 Å². The lowest BCUT2D eigenvalue weighted by Crippen LogP contribution is -2.67. The highest BCUT2D eigenvalue weighted by Gasteiger charge is 2.71. The first-order chi connectivity index (χ1) is 18.0. The van der Waals surface area contributed by atoms with E-state index in [1.165, 1.54) is 6.92 Å². The van der Waals surface area contributed by atoms with Crippen molar-refractivity contribution in [2.45, 2.75) is 81.7 Å². The number of ether oxygens (including phenoxy) is 5. The first-order valence-corrected chi connectivity index (χ1v) is 12.6. The fourth-order valence-electron chi connectivity index (χ4n) is 6.71. The van der Waals surface area contributed by atoms with Crippen molar-refractivity contribution in [2.75, 3.05) is 7.11 Å². The topological polar surface area (TPSA) is 155 Å². The molecule has 0 aromatic heterocycles. The summed E-state index contributed by atoms with van der Waals surface area (Å²) in [6.45, 7) is 2.30. The molecule has 1 aromatic rings. The number of hydrogen-bond acceptors (Lipinski definition) is 10. The summed E-state index contributed by atoms with van der Waals surface area (Å²) in [4.78, 5) is 47.8. The first-order valence-electron chi connectivity index (χ1n) is 12.6. The van der Waals surface area contributed by atoms with Crippen LogP contribution in [-0.4, -0.2) is 65.1 Å². The van der Waals surface area contributed by atoms with E-state index in [-0.39, 0.29) is 18.1 Å². The molecule has 204 valence electrons. The maximum Gasteiger partial charge on any atom is 0.352 e. The molecule has 1 spiro atoms. The second kappa shape index (κ2) is 9.30. The molecule has 11 nitrogen and oxygen atoms in total. The van der Waals surface area contributed by atoms with Crippen LogP contribution in [0.3, 0.4) is 0 Å². The predicted octanol–water partition coefficient (Wildman–Crippen LogP) is 1.95. The molecule has 3 aliphatic carbocycles. The van der Waals surface area contributed by atoms with Crippen LogP contribution in [0.25, 0.3) is 0 Å². The van der Waals surface area contributed by atoms with Gasteiger partial charge in [-0.15, -0.1) is 0 Å². The Kier molecular flexibility index (Phi) is 6.37. The first kappa shape index (κ1) is 26.0. The third-order valence-electron chi connectivity index (χ3n) is 8.24. The summed E-state index contributed by atoms with van der Waals surface area (Å²) >= 11 is 0. The minimum atomic E-state index is -1.71. The molecule has 11 heteroatoms. The van der Waals surface area contributed by atoms with Gasteiger partial charge >= 0.3 is 23.9 Å². The van der Waals surface area contributed by atoms with Crippen LogP contribution in [0.2, 0.25) is 0 Å². The van der Waals surface area contributed by atoms with E-state index in [0.717, 1.165) is 37.3 Å². The number of esters is 3. The van der Waals surface area contributed by atoms with Gasteiger partial charge in [-0.05, 0) is 56.2 Å². The molecule has 4 aliphatic rings. The van der Waals surface area contributed by atoms with Gasteiger partial charge in [-0.2, -0.15) is 0 Å². The Morgan fingerprint density at radius 2 is 1.95 bits per heavy atom. The molecule has 1 aliphatic heterocycles. The normalized spacial score (nSPS) is 29.5. The predicted molar refractivity (Wildman–Crippen MR) is 127 cm³/mol. The summed E-state index contributed by atoms with van der Waals surface area (Å²) in [7, 11) is 1.54. The van der Waals surface area contributed by atoms with Crippen LogP contribution in [0.15, 0.2) is 24.0 Å². The summed E-state index contributed by atoms with van der Waals surface area (Å²) in [5.41, 5.74) is 0.0872. The lowest BCUT2D eigenvalue weighted by atomic mass is 9.47. The third-order valence-corrected chi connectivity index (χ3v) is 8.24. The number of carboxylic acid groups (broad SMARTS) is 1. The molecule has 0 radical (unpaired) electrons. The molecule has 2 N–H and O–H groups in total. The zero-order valence-electron chi connectivity index (χ0n) is 21.4. The maximum absolute atomic E-state index is 13.0. The summed E-state index contributed by atoms with van der Waals surface area (Å²) in [5.74, 6) is -3.05. The zero-order chi connectivity index (χ0) is 27.4. The third kappa shape index (κ3) is 3.82. The van der Waals surface area contributed by atoms with Crippen LogP contribution in [0.1, 0.15) is 57.1 Å². The fourth-order valence-corrected chi connectivity index (χ4v) is 6.71. The summed E-state index contributed by atoms with van der Waals surface area (Å²) in [5, 5.41) is 21.1. The maximum atomic E-state index is 13.0. The van der Waals surface area contributed by atoms with Crippen molar-refractivity contribution in [2.24, 2.45) is 5.92 Å². The second-order valence-corrected chi connectivity index (χ2v) is 10.3. The van der Waals surface area contributed by atoms with E-state index in [4.69, 9.17) is 28.8 Å². The number of hydrogen-bond donors (Lipinski definition) is 2. The number of rotatable bonds is 8. The highest BCUT2D eigenvalue weighted by atomic mass is 16.6. The number of methoxy groups -OCH3 is 1. The standard InChI is InChI=1S/C27H30O11/c1-13(35-25(32)19(12-20(29)30)36-14(2)28)24(31)37-18-8-10-27(33)16-5-4-9-26(27)21-15(11-16)6-7-17(34-3)22(21)38-23(18)26/h6-8,13,16,19,23,33H,4-5,9-12H2,1-3H3,(H,29,30)/t13-,16-,19-,23+,26+,27-/m0/s1. The van der Waals surface area contributed by atoms with Crippen LogP contribution < -0.4 is 9.47 Å². The second-order valence-electron chi connectivity index (χ2n) is 10.3. The Labute approximate surface area is 218 Å². The van der Waals surface area contributed by atoms with Gasteiger partial charge in [0.25, 0.3) is 0 Å². The van der Waals surface area contributed by atoms with Crippen molar-refractivity contribution in [1.82, 2.24) is 0 Å². The molecule has 0 amide bonds. The fraction of sp³-hybridized carbons (Fsp3) is 0.556. The van der Waals surface area contributed by atoms with Gasteiger partial charge in [0, 0.05) is 12.5 Å². The van der Waals surface area contributed by atoms with E-state index < -0.39 is 59.6 Å². The Hall–Kier alpha value is -3.60. The Morgan fingerprint density at radius 3 is 2.63 bits per heavy atom. The van der Waals surface area contributed by atoms with Crippen molar-refractivity contribution < 1.29 is 53.1 Å². The molecule has 1 heterocycles. The summed E-state index contributed by atoms with van der Waals surface area (Å²) in [6.07, 6.45) is 0.276. The number of aliphatic carboxylic acids is 1. The summed E-state index contributed by atoms with van der Waals surface area (Å²) in [6, 6.07) is 3.85.